The third-order valence-corrected chi connectivity index (χ3v) is 1.55. The quantitative estimate of drug-likeness (QED) is 0.615. The predicted molar refractivity (Wildman–Crippen MR) is 31.5 cm³/mol. The Labute approximate surface area is 57.9 Å². The molecule has 62 valence electrons. The lowest BCUT2D eigenvalue weighted by atomic mass is 9.93. The molecule has 1 atom stereocenters. The van der Waals surface area contributed by atoms with Gasteiger partial charge in [0.25, 0.3) is 0 Å². The molecule has 1 N–H and O–H groups in total. The average Bonchev–Trinajstić information content (AvgIpc) is 1.59. The molecule has 0 aliphatic heterocycles. The van der Waals surface area contributed by atoms with E-state index in [4.69, 9.17) is 5.11 Å². The Morgan fingerprint density at radius 1 is 1.20 bits per heavy atom. The zero-order chi connectivity index (χ0) is 8.58. The van der Waals surface area contributed by atoms with Crippen molar-refractivity contribution in [2.24, 2.45) is 5.92 Å². The summed E-state index contributed by atoms with van der Waals surface area (Å²) in [4.78, 5) is 0. The molecule has 4 heteroatoms. The Balaban J connectivity index is 4.23. The maximum Gasteiger partial charge on any atom is 0.394 e. The number of halogens is 3. The van der Waals surface area contributed by atoms with Crippen molar-refractivity contribution in [2.45, 2.75) is 32.5 Å². The molecular weight excluding hydrogens is 145 g/mol. The summed E-state index contributed by atoms with van der Waals surface area (Å²) in [6.45, 7) is 3.25. The van der Waals surface area contributed by atoms with Crippen molar-refractivity contribution in [2.75, 3.05) is 0 Å². The molecule has 0 aromatic heterocycles. The second-order valence-electron chi connectivity index (χ2n) is 2.92. The Hall–Kier alpha value is -0.250. The van der Waals surface area contributed by atoms with Gasteiger partial charge in [0.05, 0.1) is 11.5 Å². The van der Waals surface area contributed by atoms with E-state index < -0.39 is 17.7 Å². The summed E-state index contributed by atoms with van der Waals surface area (Å²) in [5, 5.41) is 8.90. The predicted octanol–water partition coefficient (Wildman–Crippen LogP) is 1.96. The van der Waals surface area contributed by atoms with Crippen LogP contribution in [0.15, 0.2) is 0 Å². The first-order valence-corrected chi connectivity index (χ1v) is 2.95. The maximum absolute atomic E-state index is 11.8. The van der Waals surface area contributed by atoms with Crippen LogP contribution in [0.1, 0.15) is 20.8 Å². The summed E-state index contributed by atoms with van der Waals surface area (Å²) in [5.41, 5.74) is -1.68. The monoisotopic (exact) mass is 156 g/mol. The van der Waals surface area contributed by atoms with Gasteiger partial charge in [-0.1, -0.05) is 6.92 Å². The van der Waals surface area contributed by atoms with Crippen LogP contribution in [0.5, 0.6) is 0 Å². The first kappa shape index (κ1) is 9.75. The van der Waals surface area contributed by atoms with E-state index >= 15 is 0 Å². The van der Waals surface area contributed by atoms with Crippen LogP contribution in [0.2, 0.25) is 0 Å². The summed E-state index contributed by atoms with van der Waals surface area (Å²) in [5.74, 6) is -1.68. The van der Waals surface area contributed by atoms with Crippen LogP contribution >= 0.6 is 0 Å². The van der Waals surface area contributed by atoms with Gasteiger partial charge in [0.2, 0.25) is 0 Å². The van der Waals surface area contributed by atoms with Gasteiger partial charge in [-0.3, -0.25) is 0 Å². The summed E-state index contributed by atoms with van der Waals surface area (Å²) in [6.07, 6.45) is -4.31. The van der Waals surface area contributed by atoms with Gasteiger partial charge in [0.1, 0.15) is 0 Å². The molecule has 0 amide bonds. The number of rotatable bonds is 1. The van der Waals surface area contributed by atoms with E-state index in [9.17, 15) is 13.2 Å². The zero-order valence-electron chi connectivity index (χ0n) is 6.16. The summed E-state index contributed by atoms with van der Waals surface area (Å²) < 4.78 is 35.4. The molecule has 0 unspecified atom stereocenters. The highest BCUT2D eigenvalue weighted by molar-refractivity contribution is 4.78. The van der Waals surface area contributed by atoms with Crippen LogP contribution < -0.4 is 0 Å². The molecule has 0 aromatic rings. The van der Waals surface area contributed by atoms with Crippen molar-refractivity contribution in [3.05, 3.63) is 0 Å². The van der Waals surface area contributed by atoms with Gasteiger partial charge in [-0.15, -0.1) is 0 Å². The van der Waals surface area contributed by atoms with Crippen LogP contribution in [0.3, 0.4) is 0 Å². The molecule has 0 spiro atoms. The summed E-state index contributed by atoms with van der Waals surface area (Å²) in [6, 6.07) is 0. The molecule has 0 aliphatic rings. The van der Waals surface area contributed by atoms with E-state index in [1.165, 1.54) is 0 Å². The minimum Gasteiger partial charge on any atom is -0.390 e. The van der Waals surface area contributed by atoms with E-state index in [0.717, 1.165) is 20.8 Å². The molecular formula is C6H11F3O. The fourth-order valence-corrected chi connectivity index (χ4v) is 0.401. The van der Waals surface area contributed by atoms with Gasteiger partial charge in [0.15, 0.2) is 0 Å². The smallest absolute Gasteiger partial charge is 0.390 e. The lowest BCUT2D eigenvalue weighted by Gasteiger charge is -2.27. The topological polar surface area (TPSA) is 20.2 Å². The fraction of sp³-hybridized carbons (Fsp3) is 1.00. The summed E-state index contributed by atoms with van der Waals surface area (Å²) in [7, 11) is 0. The van der Waals surface area contributed by atoms with Crippen LogP contribution in [0.4, 0.5) is 13.2 Å². The third-order valence-electron chi connectivity index (χ3n) is 1.55. The van der Waals surface area contributed by atoms with E-state index in [1.807, 2.05) is 0 Å². The van der Waals surface area contributed by atoms with Crippen molar-refractivity contribution in [3.8, 4) is 0 Å². The van der Waals surface area contributed by atoms with Gasteiger partial charge in [-0.25, -0.2) is 0 Å². The van der Waals surface area contributed by atoms with Gasteiger partial charge in [-0.2, -0.15) is 13.2 Å². The number of hydrogen-bond donors (Lipinski definition) is 1. The van der Waals surface area contributed by atoms with Crippen molar-refractivity contribution in [1.29, 1.82) is 0 Å². The highest BCUT2D eigenvalue weighted by atomic mass is 19.4. The van der Waals surface area contributed by atoms with E-state index in [1.54, 1.807) is 0 Å². The van der Waals surface area contributed by atoms with Gasteiger partial charge in [-0.05, 0) is 13.8 Å². The lowest BCUT2D eigenvalue weighted by molar-refractivity contribution is -0.212. The average molecular weight is 156 g/mol. The van der Waals surface area contributed by atoms with Crippen LogP contribution in [-0.4, -0.2) is 16.9 Å². The van der Waals surface area contributed by atoms with Crippen LogP contribution in [0, 0.1) is 5.92 Å². The second kappa shape index (κ2) is 2.42. The first-order chi connectivity index (χ1) is 4.15. The minimum absolute atomic E-state index is 0.958. The second-order valence-corrected chi connectivity index (χ2v) is 2.92. The standard InChI is InChI=1S/C6H11F3O/c1-4(5(2,3)10)6(7,8)9/h4,10H,1-3H3/t4-/m0/s1. The van der Waals surface area contributed by atoms with E-state index in [2.05, 4.69) is 0 Å². The Morgan fingerprint density at radius 2 is 1.50 bits per heavy atom. The van der Waals surface area contributed by atoms with Gasteiger partial charge in [0, 0.05) is 0 Å². The van der Waals surface area contributed by atoms with Crippen molar-refractivity contribution in [1.82, 2.24) is 0 Å². The molecule has 10 heavy (non-hydrogen) atoms. The van der Waals surface area contributed by atoms with Crippen LogP contribution in [-0.2, 0) is 0 Å². The van der Waals surface area contributed by atoms with E-state index in [-0.39, 0.29) is 0 Å². The Morgan fingerprint density at radius 3 is 1.50 bits per heavy atom. The molecule has 0 saturated carbocycles. The van der Waals surface area contributed by atoms with Gasteiger partial charge >= 0.3 is 6.18 Å². The highest BCUT2D eigenvalue weighted by Gasteiger charge is 2.44. The molecule has 1 nitrogen and oxygen atoms in total. The molecule has 0 fully saturated rings. The van der Waals surface area contributed by atoms with Crippen molar-refractivity contribution in [3.63, 3.8) is 0 Å². The molecule has 0 aliphatic carbocycles. The maximum atomic E-state index is 11.8. The molecule has 0 saturated heterocycles. The van der Waals surface area contributed by atoms with Crippen LogP contribution in [0.25, 0.3) is 0 Å². The molecule has 0 heterocycles. The van der Waals surface area contributed by atoms with Crippen molar-refractivity contribution < 1.29 is 18.3 Å². The van der Waals surface area contributed by atoms with Crippen molar-refractivity contribution >= 4 is 0 Å². The summed E-state index contributed by atoms with van der Waals surface area (Å²) >= 11 is 0. The number of alkyl halides is 3. The zero-order valence-corrected chi connectivity index (χ0v) is 6.16. The first-order valence-electron chi connectivity index (χ1n) is 2.95. The van der Waals surface area contributed by atoms with Gasteiger partial charge < -0.3 is 5.11 Å². The Kier molecular flexibility index (Phi) is 2.36. The third kappa shape index (κ3) is 2.56. The minimum atomic E-state index is -4.31. The SMILES string of the molecule is C[C@@H](C(C)(C)O)C(F)(F)F. The largest absolute Gasteiger partial charge is 0.394 e. The number of hydrogen-bond acceptors (Lipinski definition) is 1. The fourth-order valence-electron chi connectivity index (χ4n) is 0.401. The molecule has 0 rings (SSSR count). The Bertz CT molecular complexity index is 97.1. The highest BCUT2D eigenvalue weighted by Crippen LogP contribution is 2.33. The normalized spacial score (nSPS) is 17.1. The molecule has 0 radical (unpaired) electrons. The van der Waals surface area contributed by atoms with E-state index in [0.29, 0.717) is 0 Å². The molecule has 0 aromatic carbocycles. The number of aliphatic hydroxyl groups is 1. The molecule has 0 bridgehead atoms. The lowest BCUT2D eigenvalue weighted by Crippen LogP contribution is -2.39.